The Morgan fingerprint density at radius 3 is 2.80 bits per heavy atom. The normalized spacial score (nSPS) is 23.6. The third-order valence-electron chi connectivity index (χ3n) is 3.73. The zero-order valence-electron chi connectivity index (χ0n) is 12.5. The molecule has 0 spiro atoms. The summed E-state index contributed by atoms with van der Waals surface area (Å²) >= 11 is 0. The van der Waals surface area contributed by atoms with Crippen LogP contribution in [0, 0.1) is 5.92 Å². The Hall–Kier alpha value is -1.40. The Morgan fingerprint density at radius 2 is 2.25 bits per heavy atom. The van der Waals surface area contributed by atoms with Crippen LogP contribution in [0.5, 0.6) is 11.8 Å². The van der Waals surface area contributed by atoms with Gasteiger partial charge in [-0.3, -0.25) is 0 Å². The number of methoxy groups -OCH3 is 2. The molecule has 3 unspecified atom stereocenters. The summed E-state index contributed by atoms with van der Waals surface area (Å²) in [5, 5.41) is 3.48. The van der Waals surface area contributed by atoms with Crippen molar-refractivity contribution < 1.29 is 14.2 Å². The lowest BCUT2D eigenvalue weighted by Crippen LogP contribution is -2.33. The number of rotatable bonds is 6. The van der Waals surface area contributed by atoms with E-state index in [4.69, 9.17) is 14.2 Å². The summed E-state index contributed by atoms with van der Waals surface area (Å²) < 4.78 is 16.2. The Bertz CT molecular complexity index is 442. The monoisotopic (exact) mass is 281 g/mol. The molecule has 1 fully saturated rings. The predicted molar refractivity (Wildman–Crippen MR) is 75.1 cm³/mol. The molecule has 0 amide bonds. The van der Waals surface area contributed by atoms with Crippen LogP contribution in [0.1, 0.15) is 32.0 Å². The van der Waals surface area contributed by atoms with Gasteiger partial charge in [0, 0.05) is 12.5 Å². The van der Waals surface area contributed by atoms with Gasteiger partial charge in [-0.2, -0.15) is 4.98 Å². The van der Waals surface area contributed by atoms with E-state index in [0.29, 0.717) is 17.7 Å². The van der Waals surface area contributed by atoms with Gasteiger partial charge in [0.05, 0.1) is 32.6 Å². The van der Waals surface area contributed by atoms with Crippen LogP contribution >= 0.6 is 0 Å². The second-order valence-corrected chi connectivity index (χ2v) is 4.87. The highest BCUT2D eigenvalue weighted by molar-refractivity contribution is 5.26. The quantitative estimate of drug-likeness (QED) is 0.854. The van der Waals surface area contributed by atoms with E-state index in [2.05, 4.69) is 29.1 Å². The van der Waals surface area contributed by atoms with E-state index < -0.39 is 0 Å². The summed E-state index contributed by atoms with van der Waals surface area (Å²) in [5.41, 5.74) is 0.817. The number of nitrogens with one attached hydrogen (secondary N) is 1. The average Bonchev–Trinajstić information content (AvgIpc) is 2.90. The molecule has 1 N–H and O–H groups in total. The number of hydrogen-bond donors (Lipinski definition) is 1. The highest BCUT2D eigenvalue weighted by Gasteiger charge is 2.35. The third-order valence-corrected chi connectivity index (χ3v) is 3.73. The molecule has 0 aliphatic carbocycles. The van der Waals surface area contributed by atoms with Crippen molar-refractivity contribution in [3.05, 3.63) is 11.9 Å². The molecule has 3 atom stereocenters. The molecule has 2 heterocycles. The highest BCUT2D eigenvalue weighted by Crippen LogP contribution is 2.35. The van der Waals surface area contributed by atoms with Crippen molar-refractivity contribution in [1.29, 1.82) is 0 Å². The molecule has 2 rings (SSSR count). The summed E-state index contributed by atoms with van der Waals surface area (Å²) in [6.45, 7) is 5.83. The van der Waals surface area contributed by atoms with Crippen molar-refractivity contribution in [2.45, 2.75) is 32.4 Å². The van der Waals surface area contributed by atoms with Crippen molar-refractivity contribution in [1.82, 2.24) is 15.3 Å². The number of hydrogen-bond acceptors (Lipinski definition) is 6. The van der Waals surface area contributed by atoms with Crippen molar-refractivity contribution in [2.24, 2.45) is 5.92 Å². The van der Waals surface area contributed by atoms with Crippen LogP contribution in [0.2, 0.25) is 0 Å². The fourth-order valence-corrected chi connectivity index (χ4v) is 2.68. The van der Waals surface area contributed by atoms with Crippen molar-refractivity contribution in [2.75, 3.05) is 27.4 Å². The lowest BCUT2D eigenvalue weighted by molar-refractivity contribution is 0.0946. The first-order valence-electron chi connectivity index (χ1n) is 7.01. The summed E-state index contributed by atoms with van der Waals surface area (Å²) in [6, 6.07) is 0.0749. The topological polar surface area (TPSA) is 65.5 Å². The first kappa shape index (κ1) is 15.0. The van der Waals surface area contributed by atoms with E-state index in [1.807, 2.05) is 0 Å². The van der Waals surface area contributed by atoms with Gasteiger partial charge in [-0.15, -0.1) is 0 Å². The van der Waals surface area contributed by atoms with Gasteiger partial charge in [-0.25, -0.2) is 4.98 Å². The van der Waals surface area contributed by atoms with Crippen LogP contribution in [0.4, 0.5) is 0 Å². The molecule has 0 saturated carbocycles. The maximum atomic E-state index is 5.68. The van der Waals surface area contributed by atoms with Gasteiger partial charge in [-0.05, 0) is 19.9 Å². The maximum Gasteiger partial charge on any atom is 0.240 e. The Labute approximate surface area is 119 Å². The predicted octanol–water partition coefficient (Wildman–Crippen LogP) is 1.57. The molecule has 0 aromatic carbocycles. The van der Waals surface area contributed by atoms with Crippen molar-refractivity contribution >= 4 is 0 Å². The van der Waals surface area contributed by atoms with E-state index in [1.165, 1.54) is 0 Å². The molecule has 1 aromatic rings. The van der Waals surface area contributed by atoms with Crippen LogP contribution in [-0.2, 0) is 4.74 Å². The number of nitrogens with zero attached hydrogens (tertiary/aromatic N) is 2. The Morgan fingerprint density at radius 1 is 1.45 bits per heavy atom. The zero-order chi connectivity index (χ0) is 14.5. The molecule has 0 radical (unpaired) electrons. The minimum Gasteiger partial charge on any atom is -0.480 e. The fourth-order valence-electron chi connectivity index (χ4n) is 2.68. The van der Waals surface area contributed by atoms with Crippen molar-refractivity contribution in [3.8, 4) is 11.8 Å². The molecule has 20 heavy (non-hydrogen) atoms. The van der Waals surface area contributed by atoms with Gasteiger partial charge >= 0.3 is 0 Å². The van der Waals surface area contributed by atoms with Crippen LogP contribution in [0.3, 0.4) is 0 Å². The maximum absolute atomic E-state index is 5.68. The lowest BCUT2D eigenvalue weighted by Gasteiger charge is -2.26. The molecule has 1 saturated heterocycles. The summed E-state index contributed by atoms with van der Waals surface area (Å²) in [4.78, 5) is 8.81. The smallest absolute Gasteiger partial charge is 0.240 e. The largest absolute Gasteiger partial charge is 0.480 e. The van der Waals surface area contributed by atoms with E-state index in [0.717, 1.165) is 25.3 Å². The lowest BCUT2D eigenvalue weighted by atomic mass is 9.91. The second-order valence-electron chi connectivity index (χ2n) is 4.87. The third kappa shape index (κ3) is 3.02. The highest BCUT2D eigenvalue weighted by atomic mass is 16.5. The Balaban J connectivity index is 2.33. The average molecular weight is 281 g/mol. The van der Waals surface area contributed by atoms with E-state index in [-0.39, 0.29) is 12.1 Å². The molecule has 112 valence electrons. The molecular weight excluding hydrogens is 258 g/mol. The van der Waals surface area contributed by atoms with Crippen molar-refractivity contribution in [3.63, 3.8) is 0 Å². The van der Waals surface area contributed by atoms with Gasteiger partial charge in [0.25, 0.3) is 0 Å². The summed E-state index contributed by atoms with van der Waals surface area (Å²) in [7, 11) is 3.17. The molecule has 1 aliphatic rings. The molecule has 6 heteroatoms. The van der Waals surface area contributed by atoms with E-state index >= 15 is 0 Å². The Kier molecular flexibility index (Phi) is 5.14. The van der Waals surface area contributed by atoms with Gasteiger partial charge in [0.1, 0.15) is 5.69 Å². The molecule has 1 aliphatic heterocycles. The number of ether oxygens (including phenoxy) is 3. The first-order chi connectivity index (χ1) is 9.71. The minimum atomic E-state index is 0.0749. The van der Waals surface area contributed by atoms with Gasteiger partial charge in [-0.1, -0.05) is 6.92 Å². The van der Waals surface area contributed by atoms with Gasteiger partial charge in [0.2, 0.25) is 11.8 Å². The van der Waals surface area contributed by atoms with Crippen LogP contribution in [-0.4, -0.2) is 43.4 Å². The number of aromatic nitrogens is 2. The van der Waals surface area contributed by atoms with E-state index in [9.17, 15) is 0 Å². The molecule has 6 nitrogen and oxygen atoms in total. The second kappa shape index (κ2) is 6.85. The zero-order valence-corrected chi connectivity index (χ0v) is 12.5. The van der Waals surface area contributed by atoms with Gasteiger partial charge < -0.3 is 19.5 Å². The standard InChI is InChI=1S/C14H23N3O3/c1-5-15-12(10-6-7-20-9(10)2)13-14(19-4)17-11(18-3)8-16-13/h8-10,12,15H,5-7H2,1-4H3. The summed E-state index contributed by atoms with van der Waals surface area (Å²) in [6.07, 6.45) is 2.84. The fraction of sp³-hybridized carbons (Fsp3) is 0.714. The van der Waals surface area contributed by atoms with Crippen LogP contribution in [0.15, 0.2) is 6.20 Å². The molecule has 1 aromatic heterocycles. The van der Waals surface area contributed by atoms with Crippen LogP contribution in [0.25, 0.3) is 0 Å². The molecular formula is C14H23N3O3. The molecule has 0 bridgehead atoms. The van der Waals surface area contributed by atoms with Crippen LogP contribution < -0.4 is 14.8 Å². The SMILES string of the molecule is CCNC(c1ncc(OC)nc1OC)C1CCOC1C. The van der Waals surface area contributed by atoms with E-state index in [1.54, 1.807) is 20.4 Å². The summed E-state index contributed by atoms with van der Waals surface area (Å²) in [5.74, 6) is 1.33. The minimum absolute atomic E-state index is 0.0749. The van der Waals surface area contributed by atoms with Gasteiger partial charge in [0.15, 0.2) is 0 Å². The first-order valence-corrected chi connectivity index (χ1v) is 7.01.